The first-order valence-electron chi connectivity index (χ1n) is 7.52. The molecule has 3 rings (SSSR count). The molecule has 0 amide bonds. The average Bonchev–Trinajstić information content (AvgIpc) is 2.64. The van der Waals surface area contributed by atoms with E-state index in [-0.39, 0.29) is 40.6 Å². The first-order valence-corrected chi connectivity index (χ1v) is 7.52. The van der Waals surface area contributed by atoms with E-state index in [9.17, 15) is 19.5 Å². The smallest absolute Gasteiger partial charge is 0.175 e. The van der Waals surface area contributed by atoms with Gasteiger partial charge in [-0.15, -0.1) is 14.7 Å². The van der Waals surface area contributed by atoms with Crippen LogP contribution in [0.3, 0.4) is 0 Å². The Morgan fingerprint density at radius 1 is 1.08 bits per heavy atom. The van der Waals surface area contributed by atoms with E-state index in [0.717, 1.165) is 5.56 Å². The molecule has 1 heterocycles. The first-order chi connectivity index (χ1) is 12.1. The van der Waals surface area contributed by atoms with Gasteiger partial charge in [0.2, 0.25) is 0 Å². The average molecular weight is 339 g/mol. The molecular formula is C17H13N3O5. The standard InChI is InChI=1S/C17H13N3O5/c1-9-13(19-23)7-14-15(16(9)20-24)17(21)11(8-25-14)6-10-2-4-12(18-22)5-3-10/h2-5,7,11H,6,8H2,1H3. The van der Waals surface area contributed by atoms with Crippen LogP contribution >= 0.6 is 0 Å². The van der Waals surface area contributed by atoms with Crippen molar-refractivity contribution < 1.29 is 9.53 Å². The van der Waals surface area contributed by atoms with Gasteiger partial charge in [0.05, 0.1) is 18.1 Å². The van der Waals surface area contributed by atoms with Crippen molar-refractivity contribution in [2.24, 2.45) is 21.4 Å². The van der Waals surface area contributed by atoms with E-state index in [1.807, 2.05) is 0 Å². The number of nitroso groups, excluding NO2 is 3. The van der Waals surface area contributed by atoms with Crippen molar-refractivity contribution in [2.75, 3.05) is 6.61 Å². The maximum Gasteiger partial charge on any atom is 0.175 e. The lowest BCUT2D eigenvalue weighted by Gasteiger charge is -2.25. The highest BCUT2D eigenvalue weighted by Crippen LogP contribution is 2.42. The van der Waals surface area contributed by atoms with Crippen LogP contribution in [0.15, 0.2) is 45.9 Å². The van der Waals surface area contributed by atoms with Crippen LogP contribution < -0.4 is 4.74 Å². The maximum atomic E-state index is 12.8. The summed E-state index contributed by atoms with van der Waals surface area (Å²) in [6.45, 7) is 1.62. The molecule has 0 N–H and O–H groups in total. The third-order valence-corrected chi connectivity index (χ3v) is 4.26. The number of benzene rings is 2. The van der Waals surface area contributed by atoms with E-state index in [0.29, 0.717) is 12.1 Å². The van der Waals surface area contributed by atoms with Gasteiger partial charge < -0.3 is 4.74 Å². The van der Waals surface area contributed by atoms with Gasteiger partial charge in [0.1, 0.15) is 22.8 Å². The Hall–Kier alpha value is -3.29. The van der Waals surface area contributed by atoms with E-state index >= 15 is 0 Å². The molecule has 0 saturated heterocycles. The van der Waals surface area contributed by atoms with Crippen LogP contribution in [-0.2, 0) is 6.42 Å². The Bertz CT molecular complexity index is 877. The number of carbonyl (C=O) groups is 1. The van der Waals surface area contributed by atoms with Crippen molar-refractivity contribution in [3.63, 3.8) is 0 Å². The van der Waals surface area contributed by atoms with E-state index in [2.05, 4.69) is 15.5 Å². The SMILES string of the molecule is Cc1c(N=O)cc2c(c1N=O)C(=O)C(Cc1ccc(N=O)cc1)CO2. The van der Waals surface area contributed by atoms with E-state index in [4.69, 9.17) is 4.74 Å². The summed E-state index contributed by atoms with van der Waals surface area (Å²) < 4.78 is 5.58. The molecule has 0 spiro atoms. The van der Waals surface area contributed by atoms with Gasteiger partial charge in [-0.3, -0.25) is 4.79 Å². The van der Waals surface area contributed by atoms with E-state index in [1.54, 1.807) is 24.3 Å². The summed E-state index contributed by atoms with van der Waals surface area (Å²) in [4.78, 5) is 45.3. The third-order valence-electron chi connectivity index (χ3n) is 4.26. The highest BCUT2D eigenvalue weighted by atomic mass is 16.5. The number of ether oxygens (including phenoxy) is 1. The summed E-state index contributed by atoms with van der Waals surface area (Å²) in [6, 6.07) is 7.90. The molecule has 8 nitrogen and oxygen atoms in total. The number of hydrogen-bond donors (Lipinski definition) is 0. The van der Waals surface area contributed by atoms with Crippen molar-refractivity contribution >= 4 is 22.8 Å². The van der Waals surface area contributed by atoms with Gasteiger partial charge in [-0.05, 0) is 46.6 Å². The highest BCUT2D eigenvalue weighted by Gasteiger charge is 2.33. The van der Waals surface area contributed by atoms with Gasteiger partial charge in [-0.2, -0.15) is 0 Å². The number of carbonyl (C=O) groups excluding carboxylic acids is 1. The van der Waals surface area contributed by atoms with Crippen LogP contribution in [0.4, 0.5) is 17.1 Å². The van der Waals surface area contributed by atoms with Crippen LogP contribution in [0.1, 0.15) is 21.5 Å². The minimum absolute atomic E-state index is 0.0246. The predicted octanol–water partition coefficient (Wildman–Crippen LogP) is 4.62. The second kappa shape index (κ2) is 6.68. The Morgan fingerprint density at radius 2 is 1.80 bits per heavy atom. The topological polar surface area (TPSA) is 115 Å². The van der Waals surface area contributed by atoms with Gasteiger partial charge in [0, 0.05) is 11.6 Å². The number of ketones is 1. The lowest BCUT2D eigenvalue weighted by Crippen LogP contribution is -2.29. The van der Waals surface area contributed by atoms with Gasteiger partial charge in [-0.25, -0.2) is 0 Å². The monoisotopic (exact) mass is 339 g/mol. The van der Waals surface area contributed by atoms with Crippen molar-refractivity contribution in [3.8, 4) is 5.75 Å². The normalized spacial score (nSPS) is 15.9. The van der Waals surface area contributed by atoms with Crippen molar-refractivity contribution in [3.05, 3.63) is 61.7 Å². The third kappa shape index (κ3) is 2.93. The summed E-state index contributed by atoms with van der Waals surface area (Å²) in [5.74, 6) is -0.622. The van der Waals surface area contributed by atoms with Crippen molar-refractivity contribution in [1.82, 2.24) is 0 Å². The molecule has 0 saturated carbocycles. The van der Waals surface area contributed by atoms with Crippen LogP contribution in [0.2, 0.25) is 0 Å². The summed E-state index contributed by atoms with van der Waals surface area (Å²) in [5.41, 5.74) is 1.39. The fourth-order valence-corrected chi connectivity index (χ4v) is 2.89. The molecule has 0 aliphatic carbocycles. The molecule has 1 atom stereocenters. The molecule has 0 aromatic heterocycles. The zero-order chi connectivity index (χ0) is 18.0. The number of rotatable bonds is 5. The molecule has 1 aliphatic rings. The summed E-state index contributed by atoms with van der Waals surface area (Å²) in [7, 11) is 0. The Morgan fingerprint density at radius 3 is 2.40 bits per heavy atom. The van der Waals surface area contributed by atoms with Gasteiger partial charge >= 0.3 is 0 Å². The fourth-order valence-electron chi connectivity index (χ4n) is 2.89. The minimum Gasteiger partial charge on any atom is -0.492 e. The molecule has 2 aromatic carbocycles. The second-order valence-electron chi connectivity index (χ2n) is 5.76. The van der Waals surface area contributed by atoms with E-state index < -0.39 is 5.92 Å². The summed E-state index contributed by atoms with van der Waals surface area (Å²) >= 11 is 0. The lowest BCUT2D eigenvalue weighted by atomic mass is 9.87. The van der Waals surface area contributed by atoms with E-state index in [1.165, 1.54) is 13.0 Å². The van der Waals surface area contributed by atoms with Crippen molar-refractivity contribution in [2.45, 2.75) is 13.3 Å². The molecule has 0 fully saturated rings. The summed E-state index contributed by atoms with van der Waals surface area (Å²) in [6.07, 6.45) is 0.377. The van der Waals surface area contributed by atoms with Crippen LogP contribution in [0.25, 0.3) is 0 Å². The van der Waals surface area contributed by atoms with Gasteiger partial charge in [0.25, 0.3) is 0 Å². The maximum absolute atomic E-state index is 12.8. The molecule has 8 heteroatoms. The number of Topliss-reactive ketones (excluding diaryl/α,β-unsaturated/α-hetero) is 1. The highest BCUT2D eigenvalue weighted by molar-refractivity contribution is 6.07. The number of fused-ring (bicyclic) bond motifs is 1. The van der Waals surface area contributed by atoms with Crippen LogP contribution in [0, 0.1) is 27.6 Å². The molecule has 0 bridgehead atoms. The fraction of sp³-hybridized carbons (Fsp3) is 0.235. The van der Waals surface area contributed by atoms with Crippen LogP contribution in [0.5, 0.6) is 5.75 Å². The number of nitrogens with zero attached hydrogens (tertiary/aromatic N) is 3. The molecule has 1 unspecified atom stereocenters. The Balaban J connectivity index is 1.94. The number of hydrogen-bond acceptors (Lipinski definition) is 8. The quantitative estimate of drug-likeness (QED) is 0.737. The minimum atomic E-state index is -0.502. The largest absolute Gasteiger partial charge is 0.492 e. The summed E-state index contributed by atoms with van der Waals surface area (Å²) in [5, 5.41) is 8.58. The second-order valence-corrected chi connectivity index (χ2v) is 5.76. The molecule has 1 aliphatic heterocycles. The lowest BCUT2D eigenvalue weighted by molar-refractivity contribution is 0.0831. The molecule has 2 aromatic rings. The molecular weight excluding hydrogens is 326 g/mol. The van der Waals surface area contributed by atoms with Crippen LogP contribution in [-0.4, -0.2) is 12.4 Å². The molecule has 0 radical (unpaired) electrons. The van der Waals surface area contributed by atoms with Gasteiger partial charge in [0.15, 0.2) is 5.78 Å². The van der Waals surface area contributed by atoms with Gasteiger partial charge in [-0.1, -0.05) is 12.1 Å². The first kappa shape index (κ1) is 16.6. The van der Waals surface area contributed by atoms with Crippen molar-refractivity contribution in [1.29, 1.82) is 0 Å². The Kier molecular flexibility index (Phi) is 4.42. The Labute approximate surface area is 142 Å². The molecule has 126 valence electrons. The zero-order valence-electron chi connectivity index (χ0n) is 13.3. The predicted molar refractivity (Wildman–Crippen MR) is 91.0 cm³/mol. The zero-order valence-corrected chi connectivity index (χ0v) is 13.3. The molecule has 25 heavy (non-hydrogen) atoms.